The van der Waals surface area contributed by atoms with Crippen LogP contribution < -0.4 is 10.6 Å². The molecule has 2 N–H and O–H groups in total. The van der Waals surface area contributed by atoms with Crippen molar-refractivity contribution in [2.24, 2.45) is 11.8 Å². The topological polar surface area (TPSA) is 58.2 Å². The van der Waals surface area contributed by atoms with E-state index in [9.17, 15) is 9.59 Å². The summed E-state index contributed by atoms with van der Waals surface area (Å²) in [5, 5.41) is 5.82. The second-order valence-corrected chi connectivity index (χ2v) is 5.64. The Morgan fingerprint density at radius 3 is 2.63 bits per heavy atom. The van der Waals surface area contributed by atoms with Crippen molar-refractivity contribution in [3.8, 4) is 0 Å². The van der Waals surface area contributed by atoms with E-state index in [4.69, 9.17) is 0 Å². The van der Waals surface area contributed by atoms with Gasteiger partial charge in [0.05, 0.1) is 0 Å². The monoisotopic (exact) mass is 258 g/mol. The minimum absolute atomic E-state index is 0.0570. The number of anilines is 1. The van der Waals surface area contributed by atoms with Crippen molar-refractivity contribution in [3.05, 3.63) is 29.8 Å². The normalized spacial score (nSPS) is 24.7. The summed E-state index contributed by atoms with van der Waals surface area (Å²) in [4.78, 5) is 23.7. The van der Waals surface area contributed by atoms with Crippen molar-refractivity contribution < 1.29 is 9.59 Å². The molecule has 3 rings (SSSR count). The van der Waals surface area contributed by atoms with Crippen molar-refractivity contribution in [3.63, 3.8) is 0 Å². The highest BCUT2D eigenvalue weighted by Gasteiger charge is 2.39. The summed E-state index contributed by atoms with van der Waals surface area (Å²) in [6.45, 7) is 2.07. The quantitative estimate of drug-likeness (QED) is 0.869. The summed E-state index contributed by atoms with van der Waals surface area (Å²) in [6.07, 6.45) is 3.11. The lowest BCUT2D eigenvalue weighted by atomic mass is 10.2. The number of rotatable bonds is 4. The molecule has 2 aliphatic carbocycles. The Morgan fingerprint density at radius 2 is 2.00 bits per heavy atom. The van der Waals surface area contributed by atoms with E-state index in [0.717, 1.165) is 19.3 Å². The lowest BCUT2D eigenvalue weighted by Crippen LogP contribution is -2.25. The first-order valence-electron chi connectivity index (χ1n) is 6.85. The zero-order chi connectivity index (χ0) is 13.4. The van der Waals surface area contributed by atoms with Gasteiger partial charge >= 0.3 is 0 Å². The predicted molar refractivity (Wildman–Crippen MR) is 72.8 cm³/mol. The van der Waals surface area contributed by atoms with E-state index in [1.54, 1.807) is 18.2 Å². The Hall–Kier alpha value is -1.84. The van der Waals surface area contributed by atoms with Gasteiger partial charge < -0.3 is 10.6 Å². The zero-order valence-corrected chi connectivity index (χ0v) is 11.0. The summed E-state index contributed by atoms with van der Waals surface area (Å²) in [5.41, 5.74) is 1.31. The second-order valence-electron chi connectivity index (χ2n) is 5.64. The number of hydrogen-bond donors (Lipinski definition) is 2. The van der Waals surface area contributed by atoms with Crippen LogP contribution in [-0.2, 0) is 4.79 Å². The van der Waals surface area contributed by atoms with E-state index in [0.29, 0.717) is 23.2 Å². The summed E-state index contributed by atoms with van der Waals surface area (Å²) in [6, 6.07) is 7.47. The molecular formula is C15H18N2O2. The van der Waals surface area contributed by atoms with Crippen molar-refractivity contribution in [1.29, 1.82) is 0 Å². The van der Waals surface area contributed by atoms with Gasteiger partial charge in [0.15, 0.2) is 0 Å². The summed E-state index contributed by atoms with van der Waals surface area (Å²) < 4.78 is 0. The van der Waals surface area contributed by atoms with E-state index in [1.165, 1.54) is 0 Å². The van der Waals surface area contributed by atoms with Crippen LogP contribution in [0, 0.1) is 11.8 Å². The van der Waals surface area contributed by atoms with E-state index in [2.05, 4.69) is 17.6 Å². The first-order valence-corrected chi connectivity index (χ1v) is 6.85. The van der Waals surface area contributed by atoms with Gasteiger partial charge in [-0.15, -0.1) is 0 Å². The first-order chi connectivity index (χ1) is 9.13. The number of carbonyl (C=O) groups excluding carboxylic acids is 2. The maximum atomic E-state index is 11.9. The van der Waals surface area contributed by atoms with E-state index in [1.807, 2.05) is 6.07 Å². The number of carbonyl (C=O) groups is 2. The lowest BCUT2D eigenvalue weighted by molar-refractivity contribution is -0.117. The minimum atomic E-state index is -0.0570. The van der Waals surface area contributed by atoms with Crippen LogP contribution in [-0.4, -0.2) is 17.9 Å². The van der Waals surface area contributed by atoms with Crippen LogP contribution in [0.25, 0.3) is 0 Å². The first kappa shape index (κ1) is 12.2. The molecule has 2 atom stereocenters. The predicted octanol–water partition coefficient (Wildman–Crippen LogP) is 2.17. The van der Waals surface area contributed by atoms with Gasteiger partial charge in [-0.3, -0.25) is 9.59 Å². The van der Waals surface area contributed by atoms with Crippen molar-refractivity contribution >= 4 is 17.5 Å². The van der Waals surface area contributed by atoms with Gasteiger partial charge in [-0.2, -0.15) is 0 Å². The average molecular weight is 258 g/mol. The van der Waals surface area contributed by atoms with Gasteiger partial charge in [0.1, 0.15) is 0 Å². The Balaban J connectivity index is 1.65. The average Bonchev–Trinajstić information content (AvgIpc) is 3.28. The molecule has 2 saturated carbocycles. The van der Waals surface area contributed by atoms with Crippen molar-refractivity contribution in [2.75, 3.05) is 5.32 Å². The van der Waals surface area contributed by atoms with Gasteiger partial charge in [-0.1, -0.05) is 13.0 Å². The Morgan fingerprint density at radius 1 is 1.26 bits per heavy atom. The third kappa shape index (κ3) is 2.95. The molecule has 2 amide bonds. The largest absolute Gasteiger partial charge is 0.349 e. The summed E-state index contributed by atoms with van der Waals surface area (Å²) in [5.74, 6) is 0.635. The molecule has 1 aromatic rings. The van der Waals surface area contributed by atoms with Gasteiger partial charge in [-0.05, 0) is 43.4 Å². The Labute approximate surface area is 112 Å². The van der Waals surface area contributed by atoms with Crippen LogP contribution in [0.4, 0.5) is 5.69 Å². The molecule has 4 nitrogen and oxygen atoms in total. The number of nitrogens with one attached hydrogen (secondary N) is 2. The molecule has 19 heavy (non-hydrogen) atoms. The molecule has 0 bridgehead atoms. The molecule has 0 radical (unpaired) electrons. The van der Waals surface area contributed by atoms with Crippen LogP contribution in [0.5, 0.6) is 0 Å². The van der Waals surface area contributed by atoms with Gasteiger partial charge in [0.2, 0.25) is 5.91 Å². The Kier molecular flexibility index (Phi) is 3.01. The Bertz CT molecular complexity index is 523. The molecule has 0 unspecified atom stereocenters. The number of amides is 2. The van der Waals surface area contributed by atoms with E-state index >= 15 is 0 Å². The fourth-order valence-corrected chi connectivity index (χ4v) is 2.16. The molecule has 4 heteroatoms. The highest BCUT2D eigenvalue weighted by Crippen LogP contribution is 2.38. The summed E-state index contributed by atoms with van der Waals surface area (Å²) in [7, 11) is 0. The van der Waals surface area contributed by atoms with Crippen LogP contribution in [0.2, 0.25) is 0 Å². The molecule has 0 aromatic heterocycles. The second kappa shape index (κ2) is 4.68. The highest BCUT2D eigenvalue weighted by molar-refractivity contribution is 5.98. The molecule has 0 aliphatic heterocycles. The maximum Gasteiger partial charge on any atom is 0.251 e. The van der Waals surface area contributed by atoms with E-state index in [-0.39, 0.29) is 17.7 Å². The molecule has 0 heterocycles. The minimum Gasteiger partial charge on any atom is -0.349 e. The molecule has 100 valence electrons. The van der Waals surface area contributed by atoms with Gasteiger partial charge in [0.25, 0.3) is 5.91 Å². The number of hydrogen-bond acceptors (Lipinski definition) is 2. The van der Waals surface area contributed by atoms with Gasteiger partial charge in [0, 0.05) is 23.2 Å². The number of benzene rings is 1. The third-order valence-electron chi connectivity index (χ3n) is 3.75. The van der Waals surface area contributed by atoms with Gasteiger partial charge in [-0.25, -0.2) is 0 Å². The van der Waals surface area contributed by atoms with Crippen molar-refractivity contribution in [2.45, 2.75) is 32.2 Å². The highest BCUT2D eigenvalue weighted by atomic mass is 16.2. The zero-order valence-electron chi connectivity index (χ0n) is 11.0. The third-order valence-corrected chi connectivity index (χ3v) is 3.75. The molecular weight excluding hydrogens is 240 g/mol. The van der Waals surface area contributed by atoms with E-state index < -0.39 is 0 Å². The molecule has 0 spiro atoms. The van der Waals surface area contributed by atoms with Crippen LogP contribution in [0.3, 0.4) is 0 Å². The van der Waals surface area contributed by atoms with Crippen LogP contribution in [0.1, 0.15) is 36.5 Å². The van der Waals surface area contributed by atoms with Crippen molar-refractivity contribution in [1.82, 2.24) is 5.32 Å². The maximum absolute atomic E-state index is 11.9. The molecule has 1 aromatic carbocycles. The molecule has 0 saturated heterocycles. The standard InChI is InChI=1S/C15H18N2O2/c1-9-7-13(9)15(19)17-12-4-2-3-10(8-12)14(18)16-11-5-6-11/h2-4,8-9,11,13H,5-7H2,1H3,(H,16,18)(H,17,19)/t9-,13+/m0/s1. The van der Waals surface area contributed by atoms with Crippen LogP contribution in [0.15, 0.2) is 24.3 Å². The SMILES string of the molecule is C[C@H]1C[C@H]1C(=O)Nc1cccc(C(=O)NC2CC2)c1. The smallest absolute Gasteiger partial charge is 0.251 e. The summed E-state index contributed by atoms with van der Waals surface area (Å²) >= 11 is 0. The fraction of sp³-hybridized carbons (Fsp3) is 0.467. The van der Waals surface area contributed by atoms with Crippen LogP contribution >= 0.6 is 0 Å². The molecule has 2 fully saturated rings. The molecule has 2 aliphatic rings. The lowest BCUT2D eigenvalue weighted by Gasteiger charge is -2.07. The fourth-order valence-electron chi connectivity index (χ4n) is 2.16.